The van der Waals surface area contributed by atoms with Gasteiger partial charge in [-0.25, -0.2) is 9.67 Å². The molecule has 0 unspecified atom stereocenters. The summed E-state index contributed by atoms with van der Waals surface area (Å²) in [6.07, 6.45) is 4.85. The fourth-order valence-electron chi connectivity index (χ4n) is 3.33. The van der Waals surface area contributed by atoms with E-state index in [0.29, 0.717) is 6.04 Å². The van der Waals surface area contributed by atoms with E-state index in [9.17, 15) is 0 Å². The molecule has 1 fully saturated rings. The molecule has 0 saturated carbocycles. The highest BCUT2D eigenvalue weighted by atomic mass is 15.3. The molecular formula is C19H29N5. The van der Waals surface area contributed by atoms with E-state index < -0.39 is 0 Å². The average Bonchev–Trinajstić information content (AvgIpc) is 3.07. The third kappa shape index (κ3) is 4.65. The van der Waals surface area contributed by atoms with Crippen molar-refractivity contribution in [2.24, 2.45) is 0 Å². The van der Waals surface area contributed by atoms with Crippen LogP contribution in [0, 0.1) is 0 Å². The van der Waals surface area contributed by atoms with Gasteiger partial charge in [0, 0.05) is 45.2 Å². The molecule has 24 heavy (non-hydrogen) atoms. The van der Waals surface area contributed by atoms with E-state index >= 15 is 0 Å². The third-order valence-corrected chi connectivity index (χ3v) is 5.10. The lowest BCUT2D eigenvalue weighted by Crippen LogP contribution is -2.48. The second kappa shape index (κ2) is 8.40. The Hall–Kier alpha value is -1.72. The number of piperazine rings is 1. The molecule has 5 nitrogen and oxygen atoms in total. The molecule has 1 aromatic carbocycles. The summed E-state index contributed by atoms with van der Waals surface area (Å²) in [6, 6.07) is 11.2. The van der Waals surface area contributed by atoms with Crippen molar-refractivity contribution < 1.29 is 0 Å². The normalized spacial score (nSPS) is 17.9. The maximum absolute atomic E-state index is 4.48. The summed E-state index contributed by atoms with van der Waals surface area (Å²) in [5.41, 5.74) is 1.35. The van der Waals surface area contributed by atoms with Crippen LogP contribution in [0.2, 0.25) is 0 Å². The fraction of sp³-hybridized carbons (Fsp3) is 0.579. The van der Waals surface area contributed by atoms with E-state index in [2.05, 4.69) is 68.9 Å². The summed E-state index contributed by atoms with van der Waals surface area (Å²) in [6.45, 7) is 7.96. The highest BCUT2D eigenvalue weighted by Gasteiger charge is 2.19. The zero-order chi connectivity index (χ0) is 16.8. The van der Waals surface area contributed by atoms with Gasteiger partial charge in [-0.15, -0.1) is 0 Å². The van der Waals surface area contributed by atoms with Crippen LogP contribution in [0.1, 0.15) is 24.7 Å². The molecule has 1 saturated heterocycles. The van der Waals surface area contributed by atoms with Crippen LogP contribution in [0.3, 0.4) is 0 Å². The van der Waals surface area contributed by atoms with Crippen LogP contribution >= 0.6 is 0 Å². The van der Waals surface area contributed by atoms with Gasteiger partial charge < -0.3 is 4.90 Å². The number of hydrogen-bond donors (Lipinski definition) is 0. The van der Waals surface area contributed by atoms with Gasteiger partial charge in [-0.2, -0.15) is 5.10 Å². The minimum Gasteiger partial charge on any atom is -0.304 e. The largest absolute Gasteiger partial charge is 0.304 e. The molecule has 1 aliphatic heterocycles. The van der Waals surface area contributed by atoms with E-state index in [4.69, 9.17) is 0 Å². The highest BCUT2D eigenvalue weighted by Crippen LogP contribution is 2.11. The van der Waals surface area contributed by atoms with Gasteiger partial charge in [0.1, 0.15) is 12.2 Å². The van der Waals surface area contributed by atoms with Gasteiger partial charge in [-0.1, -0.05) is 30.3 Å². The number of rotatable bonds is 7. The molecule has 0 radical (unpaired) electrons. The van der Waals surface area contributed by atoms with Crippen LogP contribution in [0.15, 0.2) is 36.7 Å². The van der Waals surface area contributed by atoms with Crippen molar-refractivity contribution in [2.75, 3.05) is 33.2 Å². The van der Waals surface area contributed by atoms with Crippen LogP contribution in [-0.4, -0.2) is 63.8 Å². The topological polar surface area (TPSA) is 37.2 Å². The van der Waals surface area contributed by atoms with Crippen molar-refractivity contribution in [2.45, 2.75) is 38.8 Å². The van der Waals surface area contributed by atoms with Crippen molar-refractivity contribution in [1.29, 1.82) is 0 Å². The molecule has 1 aliphatic rings. The van der Waals surface area contributed by atoms with Gasteiger partial charge in [-0.3, -0.25) is 4.90 Å². The molecule has 5 heteroatoms. The van der Waals surface area contributed by atoms with Crippen molar-refractivity contribution >= 4 is 0 Å². The van der Waals surface area contributed by atoms with Gasteiger partial charge in [0.05, 0.1) is 0 Å². The SMILES string of the molecule is C[C@H](CCc1ncnn1CCc1ccccc1)N1CCN(C)CC1. The summed E-state index contributed by atoms with van der Waals surface area (Å²) in [5.74, 6) is 1.12. The van der Waals surface area contributed by atoms with Crippen molar-refractivity contribution in [3.05, 3.63) is 48.0 Å². The summed E-state index contributed by atoms with van der Waals surface area (Å²) in [7, 11) is 2.21. The minimum atomic E-state index is 0.609. The molecule has 0 spiro atoms. The molecular weight excluding hydrogens is 298 g/mol. The Morgan fingerprint density at radius 2 is 1.79 bits per heavy atom. The first kappa shape index (κ1) is 17.1. The van der Waals surface area contributed by atoms with E-state index in [1.54, 1.807) is 6.33 Å². The summed E-state index contributed by atoms with van der Waals surface area (Å²) < 4.78 is 2.07. The molecule has 1 aromatic heterocycles. The number of nitrogens with zero attached hydrogens (tertiary/aromatic N) is 5. The van der Waals surface area contributed by atoms with Crippen LogP contribution in [-0.2, 0) is 19.4 Å². The van der Waals surface area contributed by atoms with Crippen LogP contribution in [0.5, 0.6) is 0 Å². The Balaban J connectivity index is 1.48. The highest BCUT2D eigenvalue weighted by molar-refractivity contribution is 5.14. The minimum absolute atomic E-state index is 0.609. The van der Waals surface area contributed by atoms with Crippen LogP contribution in [0.25, 0.3) is 0 Å². The summed E-state index contributed by atoms with van der Waals surface area (Å²) in [4.78, 5) is 9.49. The zero-order valence-electron chi connectivity index (χ0n) is 14.9. The predicted molar refractivity (Wildman–Crippen MR) is 97.0 cm³/mol. The molecule has 1 atom stereocenters. The Morgan fingerprint density at radius 1 is 1.04 bits per heavy atom. The van der Waals surface area contributed by atoms with Crippen molar-refractivity contribution in [1.82, 2.24) is 24.6 Å². The molecule has 2 aromatic rings. The van der Waals surface area contributed by atoms with Gasteiger partial charge in [-0.05, 0) is 32.4 Å². The van der Waals surface area contributed by atoms with Gasteiger partial charge >= 0.3 is 0 Å². The van der Waals surface area contributed by atoms with Crippen LogP contribution in [0.4, 0.5) is 0 Å². The third-order valence-electron chi connectivity index (χ3n) is 5.10. The number of likely N-dealkylation sites (N-methyl/N-ethyl adjacent to an activating group) is 1. The lowest BCUT2D eigenvalue weighted by Gasteiger charge is -2.36. The maximum atomic E-state index is 4.48. The molecule has 0 bridgehead atoms. The molecule has 0 N–H and O–H groups in total. The van der Waals surface area contributed by atoms with Crippen molar-refractivity contribution in [3.63, 3.8) is 0 Å². The average molecular weight is 327 g/mol. The van der Waals surface area contributed by atoms with E-state index in [1.165, 1.54) is 31.7 Å². The first-order valence-corrected chi connectivity index (χ1v) is 9.05. The second-order valence-corrected chi connectivity index (χ2v) is 6.86. The smallest absolute Gasteiger partial charge is 0.138 e. The van der Waals surface area contributed by atoms with Crippen LogP contribution < -0.4 is 0 Å². The molecule has 3 rings (SSSR count). The number of hydrogen-bond acceptors (Lipinski definition) is 4. The van der Waals surface area contributed by atoms with Crippen molar-refractivity contribution in [3.8, 4) is 0 Å². The van der Waals surface area contributed by atoms with Gasteiger partial charge in [0.25, 0.3) is 0 Å². The Bertz CT molecular complexity index is 601. The Labute approximate surface area is 145 Å². The van der Waals surface area contributed by atoms with Gasteiger partial charge in [0.2, 0.25) is 0 Å². The standard InChI is InChI=1S/C19H29N5/c1-17(23-14-12-22(2)13-15-23)8-9-19-20-16-21-24(19)11-10-18-6-4-3-5-7-18/h3-7,16-17H,8-15H2,1-2H3/t17-/m1/s1. The first-order valence-electron chi connectivity index (χ1n) is 9.05. The van der Waals surface area contributed by atoms with E-state index in [1.807, 2.05) is 0 Å². The van der Waals surface area contributed by atoms with E-state index in [0.717, 1.165) is 31.6 Å². The number of aromatic nitrogens is 3. The molecule has 2 heterocycles. The quantitative estimate of drug-likeness (QED) is 0.780. The van der Waals surface area contributed by atoms with Gasteiger partial charge in [0.15, 0.2) is 0 Å². The first-order chi connectivity index (χ1) is 11.7. The summed E-state index contributed by atoms with van der Waals surface area (Å²) in [5, 5.41) is 4.42. The number of benzene rings is 1. The fourth-order valence-corrected chi connectivity index (χ4v) is 3.33. The lowest BCUT2D eigenvalue weighted by molar-refractivity contribution is 0.114. The predicted octanol–water partition coefficient (Wildman–Crippen LogP) is 2.09. The molecule has 0 amide bonds. The number of aryl methyl sites for hydroxylation is 3. The van der Waals surface area contributed by atoms with E-state index in [-0.39, 0.29) is 0 Å². The molecule has 0 aliphatic carbocycles. The zero-order valence-corrected chi connectivity index (χ0v) is 14.9. The second-order valence-electron chi connectivity index (χ2n) is 6.86. The Kier molecular flexibility index (Phi) is 5.99. The lowest BCUT2D eigenvalue weighted by atomic mass is 10.1. The maximum Gasteiger partial charge on any atom is 0.138 e. The molecule has 130 valence electrons. The monoisotopic (exact) mass is 327 g/mol. The Morgan fingerprint density at radius 3 is 2.54 bits per heavy atom. The summed E-state index contributed by atoms with van der Waals surface area (Å²) >= 11 is 0.